The number of benzene rings is 2. The second-order valence-electron chi connectivity index (χ2n) is 8.08. The van der Waals surface area contributed by atoms with Crippen LogP contribution in [0.15, 0.2) is 48.5 Å². The summed E-state index contributed by atoms with van der Waals surface area (Å²) in [6.45, 7) is 10.9. The normalized spacial score (nSPS) is 16.1. The molecule has 128 valence electrons. The molecule has 0 saturated carbocycles. The van der Waals surface area contributed by atoms with Gasteiger partial charge in [-0.05, 0) is 48.6 Å². The van der Waals surface area contributed by atoms with Gasteiger partial charge in [-0.15, -0.1) is 0 Å². The highest BCUT2D eigenvalue weighted by atomic mass is 15.4. The van der Waals surface area contributed by atoms with Crippen LogP contribution in [0.3, 0.4) is 0 Å². The van der Waals surface area contributed by atoms with Crippen molar-refractivity contribution in [1.29, 1.82) is 0 Å². The van der Waals surface area contributed by atoms with E-state index >= 15 is 0 Å². The number of nitrogens with zero attached hydrogens (tertiary/aromatic N) is 2. The third kappa shape index (κ3) is 2.74. The van der Waals surface area contributed by atoms with Crippen molar-refractivity contribution in [3.8, 4) is 11.3 Å². The van der Waals surface area contributed by atoms with Gasteiger partial charge in [0, 0.05) is 11.3 Å². The standard InChI is InChI=1S/C22H25N3/c1-14-6-11-19-18(12-14)20-13-15(2)24-25(20)21(23-19)16-7-9-17(10-8-16)22(3,4)5/h6-13,21,23H,1-5H3. The molecule has 0 spiro atoms. The maximum atomic E-state index is 4.76. The Morgan fingerprint density at radius 3 is 2.36 bits per heavy atom. The van der Waals surface area contributed by atoms with E-state index in [0.717, 1.165) is 5.69 Å². The highest BCUT2D eigenvalue weighted by Gasteiger charge is 2.26. The van der Waals surface area contributed by atoms with Crippen LogP contribution in [-0.2, 0) is 5.41 Å². The lowest BCUT2D eigenvalue weighted by Crippen LogP contribution is -2.26. The van der Waals surface area contributed by atoms with Crippen LogP contribution in [-0.4, -0.2) is 9.78 Å². The molecule has 0 fully saturated rings. The van der Waals surface area contributed by atoms with Gasteiger partial charge in [0.15, 0.2) is 0 Å². The third-order valence-electron chi connectivity index (χ3n) is 4.94. The summed E-state index contributed by atoms with van der Waals surface area (Å²) < 4.78 is 2.11. The van der Waals surface area contributed by atoms with Crippen molar-refractivity contribution < 1.29 is 0 Å². The van der Waals surface area contributed by atoms with Crippen molar-refractivity contribution in [3.63, 3.8) is 0 Å². The van der Waals surface area contributed by atoms with Gasteiger partial charge in [-0.25, -0.2) is 4.68 Å². The van der Waals surface area contributed by atoms with Gasteiger partial charge in [0.1, 0.15) is 6.17 Å². The van der Waals surface area contributed by atoms with E-state index in [1.54, 1.807) is 0 Å². The van der Waals surface area contributed by atoms with Gasteiger partial charge >= 0.3 is 0 Å². The highest BCUT2D eigenvalue weighted by molar-refractivity contribution is 5.79. The molecule has 4 rings (SSSR count). The Morgan fingerprint density at radius 2 is 1.68 bits per heavy atom. The van der Waals surface area contributed by atoms with Crippen LogP contribution in [0, 0.1) is 13.8 Å². The van der Waals surface area contributed by atoms with Gasteiger partial charge in [0.2, 0.25) is 0 Å². The Labute approximate surface area is 149 Å². The largest absolute Gasteiger partial charge is 0.359 e. The molecule has 3 nitrogen and oxygen atoms in total. The zero-order chi connectivity index (χ0) is 17.8. The molecule has 3 aromatic rings. The minimum Gasteiger partial charge on any atom is -0.359 e. The number of hydrogen-bond acceptors (Lipinski definition) is 2. The summed E-state index contributed by atoms with van der Waals surface area (Å²) in [5.41, 5.74) is 8.62. The van der Waals surface area contributed by atoms with E-state index < -0.39 is 0 Å². The minimum atomic E-state index is 0.0212. The SMILES string of the molecule is Cc1ccc2c(c1)-c1cc(C)nn1C(c1ccc(C(C)(C)C)cc1)N2. The molecule has 25 heavy (non-hydrogen) atoms. The molecule has 1 aromatic heterocycles. The van der Waals surface area contributed by atoms with Crippen molar-refractivity contribution in [2.75, 3.05) is 5.32 Å². The van der Waals surface area contributed by atoms with E-state index in [1.807, 2.05) is 0 Å². The van der Waals surface area contributed by atoms with Gasteiger partial charge in [-0.1, -0.05) is 56.7 Å². The molecule has 1 N–H and O–H groups in total. The Bertz CT molecular complexity index is 927. The summed E-state index contributed by atoms with van der Waals surface area (Å²) in [4.78, 5) is 0. The fraction of sp³-hybridized carbons (Fsp3) is 0.318. The quantitative estimate of drug-likeness (QED) is 0.644. The first kappa shape index (κ1) is 15.9. The summed E-state index contributed by atoms with van der Waals surface area (Å²) in [5, 5.41) is 8.43. The van der Waals surface area contributed by atoms with Crippen LogP contribution in [0.2, 0.25) is 0 Å². The van der Waals surface area contributed by atoms with Crippen LogP contribution >= 0.6 is 0 Å². The second-order valence-corrected chi connectivity index (χ2v) is 8.08. The van der Waals surface area contributed by atoms with Crippen molar-refractivity contribution in [2.24, 2.45) is 0 Å². The molecule has 0 amide bonds. The maximum Gasteiger partial charge on any atom is 0.147 e. The predicted octanol–water partition coefficient (Wildman–Crippen LogP) is 5.44. The fourth-order valence-electron chi connectivity index (χ4n) is 3.51. The Kier molecular flexibility index (Phi) is 3.50. The molecule has 1 aliphatic rings. The number of nitrogens with one attached hydrogen (secondary N) is 1. The smallest absolute Gasteiger partial charge is 0.147 e. The summed E-state index contributed by atoms with van der Waals surface area (Å²) >= 11 is 0. The molecular formula is C22H25N3. The first-order valence-corrected chi connectivity index (χ1v) is 8.87. The van der Waals surface area contributed by atoms with Crippen molar-refractivity contribution in [3.05, 3.63) is 70.9 Å². The third-order valence-corrected chi connectivity index (χ3v) is 4.94. The second kappa shape index (κ2) is 5.48. The lowest BCUT2D eigenvalue weighted by atomic mass is 9.86. The van der Waals surface area contributed by atoms with E-state index in [0.29, 0.717) is 0 Å². The average molecular weight is 331 g/mol. The van der Waals surface area contributed by atoms with E-state index in [9.17, 15) is 0 Å². The topological polar surface area (TPSA) is 29.9 Å². The van der Waals surface area contributed by atoms with Crippen LogP contribution < -0.4 is 5.32 Å². The molecule has 2 aromatic carbocycles. The Morgan fingerprint density at radius 1 is 0.960 bits per heavy atom. The fourth-order valence-corrected chi connectivity index (χ4v) is 3.51. The van der Waals surface area contributed by atoms with Crippen molar-refractivity contribution in [2.45, 2.75) is 46.2 Å². The van der Waals surface area contributed by atoms with E-state index in [2.05, 4.69) is 93.1 Å². The molecule has 0 saturated heterocycles. The van der Waals surface area contributed by atoms with Crippen molar-refractivity contribution in [1.82, 2.24) is 9.78 Å². The molecule has 3 heteroatoms. The van der Waals surface area contributed by atoms with Gasteiger partial charge in [0.25, 0.3) is 0 Å². The Hall–Kier alpha value is -2.55. The summed E-state index contributed by atoms with van der Waals surface area (Å²) in [5.74, 6) is 0. The zero-order valence-corrected chi connectivity index (χ0v) is 15.6. The van der Waals surface area contributed by atoms with E-state index in [1.165, 1.54) is 33.6 Å². The molecule has 0 bridgehead atoms. The molecular weight excluding hydrogens is 306 g/mol. The van der Waals surface area contributed by atoms with Gasteiger partial charge in [-0.2, -0.15) is 5.10 Å². The van der Waals surface area contributed by atoms with E-state index in [4.69, 9.17) is 5.10 Å². The predicted molar refractivity (Wildman–Crippen MR) is 104 cm³/mol. The average Bonchev–Trinajstić information content (AvgIpc) is 2.95. The molecule has 0 radical (unpaired) electrons. The van der Waals surface area contributed by atoms with Crippen molar-refractivity contribution >= 4 is 5.69 Å². The summed E-state index contributed by atoms with van der Waals surface area (Å²) in [6.07, 6.45) is 0.0212. The first-order valence-electron chi connectivity index (χ1n) is 8.87. The number of anilines is 1. The summed E-state index contributed by atoms with van der Waals surface area (Å²) in [7, 11) is 0. The van der Waals surface area contributed by atoms with Crippen LogP contribution in [0.5, 0.6) is 0 Å². The van der Waals surface area contributed by atoms with Crippen LogP contribution in [0.4, 0.5) is 5.69 Å². The lowest BCUT2D eigenvalue weighted by Gasteiger charge is -2.30. The molecule has 0 aliphatic carbocycles. The van der Waals surface area contributed by atoms with Gasteiger partial charge in [0.05, 0.1) is 11.4 Å². The monoisotopic (exact) mass is 331 g/mol. The number of aromatic nitrogens is 2. The maximum absolute atomic E-state index is 4.76. The number of rotatable bonds is 1. The minimum absolute atomic E-state index is 0.0212. The van der Waals surface area contributed by atoms with Gasteiger partial charge in [-0.3, -0.25) is 0 Å². The molecule has 1 atom stereocenters. The molecule has 1 aliphatic heterocycles. The number of aryl methyl sites for hydroxylation is 2. The highest BCUT2D eigenvalue weighted by Crippen LogP contribution is 2.39. The van der Waals surface area contributed by atoms with Gasteiger partial charge < -0.3 is 5.32 Å². The summed E-state index contributed by atoms with van der Waals surface area (Å²) in [6, 6.07) is 17.6. The molecule has 1 unspecified atom stereocenters. The number of fused-ring (bicyclic) bond motifs is 3. The zero-order valence-electron chi connectivity index (χ0n) is 15.6. The van der Waals surface area contributed by atoms with E-state index in [-0.39, 0.29) is 11.6 Å². The van der Waals surface area contributed by atoms with Crippen LogP contribution in [0.1, 0.15) is 49.3 Å². The molecule has 2 heterocycles. The number of hydrogen-bond donors (Lipinski definition) is 1. The van der Waals surface area contributed by atoms with Crippen LogP contribution in [0.25, 0.3) is 11.3 Å². The Balaban J connectivity index is 1.80. The lowest BCUT2D eigenvalue weighted by molar-refractivity contribution is 0.567. The first-order chi connectivity index (χ1) is 11.8.